The van der Waals surface area contributed by atoms with Gasteiger partial charge in [0.2, 0.25) is 5.91 Å². The minimum atomic E-state index is -0.813. The summed E-state index contributed by atoms with van der Waals surface area (Å²) in [7, 11) is 1.28. The largest absolute Gasteiger partial charge is 0.508 e. The van der Waals surface area contributed by atoms with Crippen molar-refractivity contribution < 1.29 is 23.8 Å². The summed E-state index contributed by atoms with van der Waals surface area (Å²) in [6.07, 6.45) is 1.93. The number of amides is 1. The number of phenolic OH excluding ortho intramolecular Hbond substituents is 1. The van der Waals surface area contributed by atoms with Crippen molar-refractivity contribution in [2.45, 2.75) is 25.8 Å². The summed E-state index contributed by atoms with van der Waals surface area (Å²) in [6, 6.07) is 11.4. The van der Waals surface area contributed by atoms with Crippen LogP contribution >= 0.6 is 0 Å². The quantitative estimate of drug-likeness (QED) is 0.654. The van der Waals surface area contributed by atoms with Crippen LogP contribution in [0.1, 0.15) is 16.7 Å². The van der Waals surface area contributed by atoms with E-state index in [1.807, 2.05) is 25.1 Å². The lowest BCUT2D eigenvalue weighted by Gasteiger charge is -2.16. The fraction of sp³-hybridized carbons (Fsp3) is 0.238. The maximum absolute atomic E-state index is 12.5. The lowest BCUT2D eigenvalue weighted by atomic mass is 10.0. The summed E-state index contributed by atoms with van der Waals surface area (Å²) in [5.74, 6) is -0.684. The number of methoxy groups -OCH3 is 1. The topological polar surface area (TPSA) is 88.8 Å². The van der Waals surface area contributed by atoms with Crippen LogP contribution in [-0.2, 0) is 27.2 Å². The van der Waals surface area contributed by atoms with Gasteiger partial charge in [-0.05, 0) is 36.2 Å². The molecule has 6 nitrogen and oxygen atoms in total. The zero-order chi connectivity index (χ0) is 19.4. The molecule has 140 valence electrons. The second-order valence-electron chi connectivity index (χ2n) is 6.45. The number of hydrogen-bond acceptors (Lipinski definition) is 5. The molecule has 1 unspecified atom stereocenters. The number of rotatable bonds is 6. The molecule has 2 N–H and O–H groups in total. The zero-order valence-corrected chi connectivity index (χ0v) is 15.2. The second kappa shape index (κ2) is 7.95. The number of hydrogen-bond donors (Lipinski definition) is 2. The summed E-state index contributed by atoms with van der Waals surface area (Å²) in [5, 5.41) is 13.0. The molecule has 0 aliphatic rings. The highest BCUT2D eigenvalue weighted by Gasteiger charge is 2.22. The van der Waals surface area contributed by atoms with E-state index < -0.39 is 12.0 Å². The summed E-state index contributed by atoms with van der Waals surface area (Å²) in [6.45, 7) is 1.97. The van der Waals surface area contributed by atoms with Crippen LogP contribution in [0.2, 0.25) is 0 Å². The maximum atomic E-state index is 12.5. The van der Waals surface area contributed by atoms with Crippen LogP contribution in [0.25, 0.3) is 11.0 Å². The molecule has 0 aliphatic heterocycles. The summed E-state index contributed by atoms with van der Waals surface area (Å²) in [4.78, 5) is 24.6. The standard InChI is InChI=1S/C21H21NO5/c1-13-3-8-17-15(12-27-19(17)9-13)11-20(24)22-18(21(25)26-2)10-14-4-6-16(23)7-5-14/h3-9,12,18,23H,10-11H2,1-2H3,(H,22,24). The molecule has 0 radical (unpaired) electrons. The van der Waals surface area contributed by atoms with Crippen molar-refractivity contribution in [1.82, 2.24) is 5.32 Å². The minimum Gasteiger partial charge on any atom is -0.508 e. The van der Waals surface area contributed by atoms with Crippen LogP contribution in [0.5, 0.6) is 5.75 Å². The van der Waals surface area contributed by atoms with Crippen molar-refractivity contribution >= 4 is 22.8 Å². The van der Waals surface area contributed by atoms with E-state index in [2.05, 4.69) is 5.32 Å². The smallest absolute Gasteiger partial charge is 0.328 e. The number of benzene rings is 2. The van der Waals surface area contributed by atoms with Gasteiger partial charge in [0.15, 0.2) is 0 Å². The number of furan rings is 1. The van der Waals surface area contributed by atoms with E-state index >= 15 is 0 Å². The number of carbonyl (C=O) groups is 2. The van der Waals surface area contributed by atoms with Gasteiger partial charge < -0.3 is 19.6 Å². The van der Waals surface area contributed by atoms with Gasteiger partial charge in [0.1, 0.15) is 17.4 Å². The van der Waals surface area contributed by atoms with Gasteiger partial charge >= 0.3 is 5.97 Å². The fourth-order valence-corrected chi connectivity index (χ4v) is 2.95. The van der Waals surface area contributed by atoms with Crippen molar-refractivity contribution in [3.63, 3.8) is 0 Å². The summed E-state index contributed by atoms with van der Waals surface area (Å²) < 4.78 is 10.3. The third kappa shape index (κ3) is 4.47. The Morgan fingerprint density at radius 3 is 2.63 bits per heavy atom. The molecular weight excluding hydrogens is 346 g/mol. The Kier molecular flexibility index (Phi) is 5.45. The van der Waals surface area contributed by atoms with Crippen molar-refractivity contribution in [3.8, 4) is 5.75 Å². The van der Waals surface area contributed by atoms with Crippen LogP contribution < -0.4 is 5.32 Å². The van der Waals surface area contributed by atoms with E-state index in [4.69, 9.17) is 9.15 Å². The van der Waals surface area contributed by atoms with E-state index in [-0.39, 0.29) is 24.5 Å². The molecule has 0 aliphatic carbocycles. The van der Waals surface area contributed by atoms with Gasteiger partial charge in [0, 0.05) is 17.4 Å². The molecule has 0 saturated carbocycles. The molecule has 0 fully saturated rings. The molecule has 0 spiro atoms. The van der Waals surface area contributed by atoms with Gasteiger partial charge in [-0.2, -0.15) is 0 Å². The number of nitrogens with one attached hydrogen (secondary N) is 1. The van der Waals surface area contributed by atoms with Crippen LogP contribution in [0.15, 0.2) is 53.1 Å². The first-order chi connectivity index (χ1) is 13.0. The van der Waals surface area contributed by atoms with Crippen molar-refractivity contribution in [2.24, 2.45) is 0 Å². The summed E-state index contributed by atoms with van der Waals surface area (Å²) in [5.41, 5.74) is 3.36. The van der Waals surface area contributed by atoms with Crippen LogP contribution in [0.3, 0.4) is 0 Å². The minimum absolute atomic E-state index is 0.0964. The number of aromatic hydroxyl groups is 1. The van der Waals surface area contributed by atoms with Gasteiger partial charge in [0.25, 0.3) is 0 Å². The number of phenols is 1. The fourth-order valence-electron chi connectivity index (χ4n) is 2.95. The predicted octanol–water partition coefficient (Wildman–Crippen LogP) is 2.89. The van der Waals surface area contributed by atoms with E-state index in [1.165, 1.54) is 19.2 Å². The van der Waals surface area contributed by atoms with E-state index in [0.717, 1.165) is 27.7 Å². The lowest BCUT2D eigenvalue weighted by Crippen LogP contribution is -2.43. The van der Waals surface area contributed by atoms with Gasteiger partial charge in [0.05, 0.1) is 19.8 Å². The second-order valence-corrected chi connectivity index (χ2v) is 6.45. The lowest BCUT2D eigenvalue weighted by molar-refractivity contribution is -0.145. The molecule has 0 bridgehead atoms. The van der Waals surface area contributed by atoms with Gasteiger partial charge in [-0.25, -0.2) is 4.79 Å². The molecule has 1 aromatic heterocycles. The number of carbonyl (C=O) groups excluding carboxylic acids is 2. The van der Waals surface area contributed by atoms with E-state index in [9.17, 15) is 14.7 Å². The van der Waals surface area contributed by atoms with Gasteiger partial charge in [-0.1, -0.05) is 24.3 Å². The van der Waals surface area contributed by atoms with Gasteiger partial charge in [-0.3, -0.25) is 4.79 Å². The molecule has 0 saturated heterocycles. The molecule has 3 rings (SSSR count). The van der Waals surface area contributed by atoms with Crippen LogP contribution in [-0.4, -0.2) is 30.1 Å². The Labute approximate surface area is 156 Å². The third-order valence-electron chi connectivity index (χ3n) is 4.36. The monoisotopic (exact) mass is 367 g/mol. The molecule has 27 heavy (non-hydrogen) atoms. The molecular formula is C21H21NO5. The Bertz CT molecular complexity index is 958. The van der Waals surface area contributed by atoms with Crippen molar-refractivity contribution in [3.05, 3.63) is 65.4 Å². The Morgan fingerprint density at radius 1 is 1.19 bits per heavy atom. The van der Waals surface area contributed by atoms with Gasteiger partial charge in [-0.15, -0.1) is 0 Å². The average Bonchev–Trinajstić information content (AvgIpc) is 3.04. The normalized spacial score (nSPS) is 11.9. The SMILES string of the molecule is COC(=O)C(Cc1ccc(O)cc1)NC(=O)Cc1coc2cc(C)ccc12. The number of aryl methyl sites for hydroxylation is 1. The Hall–Kier alpha value is -3.28. The number of esters is 1. The number of ether oxygens (including phenoxy) is 1. The highest BCUT2D eigenvalue weighted by atomic mass is 16.5. The van der Waals surface area contributed by atoms with Crippen LogP contribution in [0.4, 0.5) is 0 Å². The highest BCUT2D eigenvalue weighted by Crippen LogP contribution is 2.22. The van der Waals surface area contributed by atoms with Crippen LogP contribution in [0, 0.1) is 6.92 Å². The number of fused-ring (bicyclic) bond motifs is 1. The molecule has 1 atom stereocenters. The molecule has 1 heterocycles. The zero-order valence-electron chi connectivity index (χ0n) is 15.2. The maximum Gasteiger partial charge on any atom is 0.328 e. The first-order valence-electron chi connectivity index (χ1n) is 8.58. The van der Waals surface area contributed by atoms with E-state index in [1.54, 1.807) is 18.4 Å². The molecule has 1 amide bonds. The average molecular weight is 367 g/mol. The van der Waals surface area contributed by atoms with E-state index in [0.29, 0.717) is 0 Å². The Morgan fingerprint density at radius 2 is 1.93 bits per heavy atom. The molecule has 6 heteroatoms. The van der Waals surface area contributed by atoms with Crippen molar-refractivity contribution in [2.75, 3.05) is 7.11 Å². The first kappa shape index (κ1) is 18.5. The third-order valence-corrected chi connectivity index (χ3v) is 4.36. The highest BCUT2D eigenvalue weighted by molar-refractivity contribution is 5.90. The molecule has 2 aromatic carbocycles. The predicted molar refractivity (Wildman–Crippen MR) is 100 cm³/mol. The van der Waals surface area contributed by atoms with Crippen molar-refractivity contribution in [1.29, 1.82) is 0 Å². The Balaban J connectivity index is 1.71. The molecule has 3 aromatic rings. The summed E-state index contributed by atoms with van der Waals surface area (Å²) >= 11 is 0. The first-order valence-corrected chi connectivity index (χ1v) is 8.58.